The van der Waals surface area contributed by atoms with E-state index in [2.05, 4.69) is 5.32 Å². The van der Waals surface area contributed by atoms with Crippen LogP contribution in [0.3, 0.4) is 0 Å². The lowest BCUT2D eigenvalue weighted by atomic mass is 9.86. The van der Waals surface area contributed by atoms with E-state index in [1.165, 1.54) is 19.3 Å². The lowest BCUT2D eigenvalue weighted by molar-refractivity contribution is -0.143. The third-order valence-electron chi connectivity index (χ3n) is 6.95. The van der Waals surface area contributed by atoms with Crippen LogP contribution in [0.2, 0.25) is 0 Å². The van der Waals surface area contributed by atoms with Crippen molar-refractivity contribution in [2.45, 2.75) is 63.8 Å². The molecule has 0 aromatic carbocycles. The number of carboxylic acid groups (broad SMARTS) is 1. The van der Waals surface area contributed by atoms with Crippen LogP contribution in [-0.4, -0.2) is 23.0 Å². The molecular weight excluding hydrogens is 278 g/mol. The van der Waals surface area contributed by atoms with E-state index < -0.39 is 5.97 Å². The monoisotopic (exact) mass is 305 g/mol. The minimum Gasteiger partial charge on any atom is -0.481 e. The highest BCUT2D eigenvalue weighted by Gasteiger charge is 2.67. The van der Waals surface area contributed by atoms with Crippen LogP contribution in [0.4, 0.5) is 0 Å². The van der Waals surface area contributed by atoms with Gasteiger partial charge in [0.15, 0.2) is 0 Å². The number of fused-ring (bicyclic) bond motifs is 5. The Balaban J connectivity index is 1.40. The van der Waals surface area contributed by atoms with Crippen LogP contribution in [0.5, 0.6) is 0 Å². The van der Waals surface area contributed by atoms with E-state index in [1.54, 1.807) is 0 Å². The van der Waals surface area contributed by atoms with Crippen molar-refractivity contribution in [1.82, 2.24) is 5.32 Å². The second-order valence-corrected chi connectivity index (χ2v) is 8.07. The Bertz CT molecular complexity index is 461. The first-order valence-electron chi connectivity index (χ1n) is 9.20. The van der Waals surface area contributed by atoms with Gasteiger partial charge in [-0.3, -0.25) is 9.59 Å². The first-order valence-corrected chi connectivity index (χ1v) is 9.20. The zero-order valence-corrected chi connectivity index (χ0v) is 13.2. The molecule has 4 aliphatic carbocycles. The van der Waals surface area contributed by atoms with Gasteiger partial charge in [-0.15, -0.1) is 0 Å². The Kier molecular flexibility index (Phi) is 3.66. The largest absolute Gasteiger partial charge is 0.481 e. The summed E-state index contributed by atoms with van der Waals surface area (Å²) in [5.41, 5.74) is 0. The van der Waals surface area contributed by atoms with Gasteiger partial charge in [0.2, 0.25) is 5.91 Å². The van der Waals surface area contributed by atoms with Crippen molar-refractivity contribution in [2.75, 3.05) is 0 Å². The second-order valence-electron chi connectivity index (χ2n) is 8.07. The number of hydrogen-bond donors (Lipinski definition) is 2. The maximum atomic E-state index is 12.7. The normalized spacial score (nSPS) is 46.5. The molecule has 4 heteroatoms. The highest BCUT2D eigenvalue weighted by Crippen LogP contribution is 2.69. The number of hydrogen-bond acceptors (Lipinski definition) is 2. The fourth-order valence-corrected chi connectivity index (χ4v) is 5.91. The summed E-state index contributed by atoms with van der Waals surface area (Å²) in [6.07, 6.45) is 9.83. The van der Waals surface area contributed by atoms with Crippen molar-refractivity contribution in [1.29, 1.82) is 0 Å². The number of nitrogens with one attached hydrogen (secondary N) is 1. The maximum Gasteiger partial charge on any atom is 0.308 e. The van der Waals surface area contributed by atoms with E-state index >= 15 is 0 Å². The minimum absolute atomic E-state index is 0.149. The number of aliphatic carboxylic acids is 1. The van der Waals surface area contributed by atoms with Crippen molar-refractivity contribution >= 4 is 11.9 Å². The van der Waals surface area contributed by atoms with Crippen LogP contribution in [0, 0.1) is 35.5 Å². The molecule has 6 atom stereocenters. The second kappa shape index (κ2) is 5.54. The van der Waals surface area contributed by atoms with Crippen molar-refractivity contribution in [3.63, 3.8) is 0 Å². The molecule has 4 saturated carbocycles. The van der Waals surface area contributed by atoms with Gasteiger partial charge in [0.05, 0.1) is 5.92 Å². The van der Waals surface area contributed by atoms with Gasteiger partial charge in [-0.25, -0.2) is 0 Å². The molecule has 1 amide bonds. The van der Waals surface area contributed by atoms with Gasteiger partial charge in [0.1, 0.15) is 0 Å². The molecule has 6 unspecified atom stereocenters. The summed E-state index contributed by atoms with van der Waals surface area (Å²) in [4.78, 5) is 24.2. The van der Waals surface area contributed by atoms with Crippen LogP contribution >= 0.6 is 0 Å². The van der Waals surface area contributed by atoms with E-state index in [4.69, 9.17) is 0 Å². The van der Waals surface area contributed by atoms with Gasteiger partial charge in [-0.05, 0) is 55.8 Å². The molecule has 0 spiro atoms. The summed E-state index contributed by atoms with van der Waals surface area (Å²) < 4.78 is 0. The predicted octanol–water partition coefficient (Wildman–Crippen LogP) is 2.82. The maximum absolute atomic E-state index is 12.7. The highest BCUT2D eigenvalue weighted by molar-refractivity contribution is 5.84. The number of carbonyl (C=O) groups excluding carboxylic acids is 1. The summed E-state index contributed by atoms with van der Waals surface area (Å²) >= 11 is 0. The van der Waals surface area contributed by atoms with E-state index in [0.717, 1.165) is 43.9 Å². The minimum atomic E-state index is -0.733. The summed E-state index contributed by atoms with van der Waals surface area (Å²) in [6, 6.07) is -0.149. The Morgan fingerprint density at radius 2 is 1.50 bits per heavy atom. The smallest absolute Gasteiger partial charge is 0.308 e. The van der Waals surface area contributed by atoms with Crippen LogP contribution in [0.25, 0.3) is 0 Å². The van der Waals surface area contributed by atoms with Gasteiger partial charge in [0.25, 0.3) is 0 Å². The van der Waals surface area contributed by atoms with Crippen LogP contribution in [0.1, 0.15) is 57.8 Å². The van der Waals surface area contributed by atoms with E-state index in [1.807, 2.05) is 0 Å². The number of amides is 1. The average Bonchev–Trinajstić information content (AvgIpc) is 2.90. The zero-order valence-electron chi connectivity index (χ0n) is 13.2. The SMILES string of the molecule is O=C(O)C1CCCCCCC1NC(=O)C1C2C3CCC(C3)C12. The third kappa shape index (κ3) is 2.35. The molecule has 0 aromatic rings. The molecule has 0 heterocycles. The molecule has 2 N–H and O–H groups in total. The molecule has 0 saturated heterocycles. The van der Waals surface area contributed by atoms with Crippen molar-refractivity contribution < 1.29 is 14.7 Å². The van der Waals surface area contributed by atoms with E-state index in [0.29, 0.717) is 18.3 Å². The Morgan fingerprint density at radius 3 is 2.14 bits per heavy atom. The lowest BCUT2D eigenvalue weighted by Crippen LogP contribution is -2.45. The standard InChI is InChI=1S/C18H27NO3/c20-17(16-14-10-7-8-11(9-10)15(14)16)19-13-6-4-2-1-3-5-12(13)18(21)22/h10-16H,1-9H2,(H,19,20)(H,21,22). The zero-order chi connectivity index (χ0) is 15.3. The molecule has 4 rings (SSSR count). The highest BCUT2D eigenvalue weighted by atomic mass is 16.4. The molecule has 4 fully saturated rings. The quantitative estimate of drug-likeness (QED) is 0.842. The molecule has 4 nitrogen and oxygen atoms in total. The summed E-state index contributed by atoms with van der Waals surface area (Å²) in [6.45, 7) is 0. The molecule has 0 aliphatic heterocycles. The van der Waals surface area contributed by atoms with Gasteiger partial charge in [-0.2, -0.15) is 0 Å². The van der Waals surface area contributed by atoms with Crippen LogP contribution in [-0.2, 0) is 9.59 Å². The topological polar surface area (TPSA) is 66.4 Å². The third-order valence-corrected chi connectivity index (χ3v) is 6.95. The predicted molar refractivity (Wildman–Crippen MR) is 82.1 cm³/mol. The fraction of sp³-hybridized carbons (Fsp3) is 0.889. The Morgan fingerprint density at radius 1 is 0.864 bits per heavy atom. The van der Waals surface area contributed by atoms with Crippen molar-refractivity contribution in [3.8, 4) is 0 Å². The van der Waals surface area contributed by atoms with Gasteiger partial charge >= 0.3 is 5.97 Å². The van der Waals surface area contributed by atoms with E-state index in [-0.39, 0.29) is 23.8 Å². The molecule has 4 aliphatic rings. The van der Waals surface area contributed by atoms with Gasteiger partial charge in [0, 0.05) is 12.0 Å². The van der Waals surface area contributed by atoms with Crippen molar-refractivity contribution in [3.05, 3.63) is 0 Å². The Labute approximate surface area is 132 Å². The molecule has 0 radical (unpaired) electrons. The number of carbonyl (C=O) groups is 2. The summed E-state index contributed by atoms with van der Waals surface area (Å²) in [5.74, 6) is 2.11. The summed E-state index contributed by atoms with van der Waals surface area (Å²) in [5, 5.41) is 12.7. The van der Waals surface area contributed by atoms with E-state index in [9.17, 15) is 14.7 Å². The number of rotatable bonds is 3. The molecule has 0 aromatic heterocycles. The van der Waals surface area contributed by atoms with Gasteiger partial charge in [-0.1, -0.05) is 25.7 Å². The van der Waals surface area contributed by atoms with Crippen LogP contribution in [0.15, 0.2) is 0 Å². The fourth-order valence-electron chi connectivity index (χ4n) is 5.91. The number of carboxylic acids is 1. The molecule has 122 valence electrons. The molecule has 2 bridgehead atoms. The van der Waals surface area contributed by atoms with Gasteiger partial charge < -0.3 is 10.4 Å². The molecular formula is C18H27NO3. The van der Waals surface area contributed by atoms with Crippen molar-refractivity contribution in [2.24, 2.45) is 35.5 Å². The van der Waals surface area contributed by atoms with Crippen LogP contribution < -0.4 is 5.32 Å². The molecule has 22 heavy (non-hydrogen) atoms. The lowest BCUT2D eigenvalue weighted by Gasteiger charge is -2.27. The average molecular weight is 305 g/mol. The first kappa shape index (κ1) is 14.5. The summed E-state index contributed by atoms with van der Waals surface area (Å²) in [7, 11) is 0. The Hall–Kier alpha value is -1.06. The first-order chi connectivity index (χ1) is 10.7.